The van der Waals surface area contributed by atoms with E-state index in [-0.39, 0.29) is 0 Å². The second-order valence-electron chi connectivity index (χ2n) is 3.27. The van der Waals surface area contributed by atoms with Gasteiger partial charge in [0.1, 0.15) is 0 Å². The summed E-state index contributed by atoms with van der Waals surface area (Å²) < 4.78 is 3.43. The molecule has 1 aromatic heterocycles. The van der Waals surface area contributed by atoms with Crippen LogP contribution in [-0.4, -0.2) is 10.8 Å². The van der Waals surface area contributed by atoms with Crippen molar-refractivity contribution in [2.45, 2.75) is 11.6 Å². The van der Waals surface area contributed by atoms with Gasteiger partial charge < -0.3 is 4.57 Å². The normalized spacial score (nSPS) is 10.5. The smallest absolute Gasteiger partial charge is 0.0748 e. The van der Waals surface area contributed by atoms with Gasteiger partial charge in [-0.1, -0.05) is 34.1 Å². The minimum absolute atomic E-state index is 0.921. The summed E-state index contributed by atoms with van der Waals surface area (Å²) in [4.78, 5) is 0. The number of rotatable bonds is 3. The Labute approximate surface area is 103 Å². The summed E-state index contributed by atoms with van der Waals surface area (Å²) in [5.41, 5.74) is 1.31. The summed E-state index contributed by atoms with van der Waals surface area (Å²) in [5.74, 6) is 0. The lowest BCUT2D eigenvalue weighted by atomic mass is 10.2. The Morgan fingerprint density at radius 1 is 1.20 bits per heavy atom. The van der Waals surface area contributed by atoms with Gasteiger partial charge >= 0.3 is 0 Å². The van der Waals surface area contributed by atoms with Crippen LogP contribution in [0.3, 0.4) is 0 Å². The minimum atomic E-state index is 0.921. The number of hydrogen-bond acceptors (Lipinski definition) is 1. The SMILES string of the molecule is CSc1cccn1Cc1ccccc1Br. The Morgan fingerprint density at radius 2 is 2.00 bits per heavy atom. The van der Waals surface area contributed by atoms with Crippen molar-refractivity contribution < 1.29 is 0 Å². The first-order valence-corrected chi connectivity index (χ1v) is 6.75. The van der Waals surface area contributed by atoms with Crippen molar-refractivity contribution in [3.05, 3.63) is 52.6 Å². The monoisotopic (exact) mass is 281 g/mol. The fourth-order valence-electron chi connectivity index (χ4n) is 1.52. The van der Waals surface area contributed by atoms with E-state index in [2.05, 4.69) is 63.3 Å². The number of benzene rings is 1. The molecule has 0 spiro atoms. The quantitative estimate of drug-likeness (QED) is 0.770. The van der Waals surface area contributed by atoms with Crippen LogP contribution in [0.15, 0.2) is 52.1 Å². The van der Waals surface area contributed by atoms with Crippen molar-refractivity contribution in [2.75, 3.05) is 6.26 Å². The van der Waals surface area contributed by atoms with E-state index in [1.165, 1.54) is 15.1 Å². The van der Waals surface area contributed by atoms with Crippen molar-refractivity contribution in [3.63, 3.8) is 0 Å². The first-order valence-electron chi connectivity index (χ1n) is 4.74. The Bertz CT molecular complexity index is 450. The lowest BCUT2D eigenvalue weighted by Gasteiger charge is -2.08. The van der Waals surface area contributed by atoms with Crippen LogP contribution in [0.25, 0.3) is 0 Å². The van der Waals surface area contributed by atoms with Crippen LogP contribution < -0.4 is 0 Å². The molecule has 0 fully saturated rings. The first kappa shape index (κ1) is 10.8. The number of nitrogens with zero attached hydrogens (tertiary/aromatic N) is 1. The van der Waals surface area contributed by atoms with Crippen molar-refractivity contribution in [1.29, 1.82) is 0 Å². The molecule has 1 nitrogen and oxygen atoms in total. The molecule has 0 aliphatic rings. The Kier molecular flexibility index (Phi) is 3.54. The molecular weight excluding hydrogens is 270 g/mol. The van der Waals surface area contributed by atoms with E-state index in [0.29, 0.717) is 0 Å². The third kappa shape index (κ3) is 2.47. The zero-order chi connectivity index (χ0) is 10.7. The van der Waals surface area contributed by atoms with E-state index in [0.717, 1.165) is 6.54 Å². The average molecular weight is 282 g/mol. The van der Waals surface area contributed by atoms with Crippen LogP contribution in [0, 0.1) is 0 Å². The van der Waals surface area contributed by atoms with Gasteiger partial charge in [-0.25, -0.2) is 0 Å². The molecule has 0 saturated carbocycles. The highest BCUT2D eigenvalue weighted by Crippen LogP contribution is 2.21. The maximum absolute atomic E-state index is 3.57. The topological polar surface area (TPSA) is 4.93 Å². The first-order chi connectivity index (χ1) is 7.31. The lowest BCUT2D eigenvalue weighted by molar-refractivity contribution is 0.732. The summed E-state index contributed by atoms with van der Waals surface area (Å²) >= 11 is 5.34. The number of halogens is 1. The van der Waals surface area contributed by atoms with Crippen LogP contribution in [0.1, 0.15) is 5.56 Å². The number of hydrogen-bond donors (Lipinski definition) is 0. The predicted octanol–water partition coefficient (Wildman–Crippen LogP) is 4.02. The average Bonchev–Trinajstić information content (AvgIpc) is 2.69. The standard InChI is InChI=1S/C12H12BrNS/c1-15-12-7-4-8-14(12)9-10-5-2-3-6-11(10)13/h2-8H,9H2,1H3. The second kappa shape index (κ2) is 4.90. The van der Waals surface area contributed by atoms with Gasteiger partial charge in [-0.3, -0.25) is 0 Å². The van der Waals surface area contributed by atoms with Gasteiger partial charge in [0, 0.05) is 17.2 Å². The summed E-state index contributed by atoms with van der Waals surface area (Å²) in [5, 5.41) is 1.30. The molecule has 0 amide bonds. The van der Waals surface area contributed by atoms with Crippen molar-refractivity contribution in [3.8, 4) is 0 Å². The van der Waals surface area contributed by atoms with Crippen LogP contribution in [-0.2, 0) is 6.54 Å². The van der Waals surface area contributed by atoms with Gasteiger partial charge in [0.05, 0.1) is 5.03 Å². The maximum Gasteiger partial charge on any atom is 0.0748 e. The van der Waals surface area contributed by atoms with E-state index < -0.39 is 0 Å². The third-order valence-corrected chi connectivity index (χ3v) is 3.86. The van der Waals surface area contributed by atoms with Gasteiger partial charge in [-0.05, 0) is 30.0 Å². The molecule has 0 aliphatic carbocycles. The molecule has 2 aromatic rings. The fraction of sp³-hybridized carbons (Fsp3) is 0.167. The summed E-state index contributed by atoms with van der Waals surface area (Å²) in [6, 6.07) is 12.6. The molecular formula is C12H12BrNS. The molecule has 1 aromatic carbocycles. The lowest BCUT2D eigenvalue weighted by Crippen LogP contribution is -1.99. The predicted molar refractivity (Wildman–Crippen MR) is 69.5 cm³/mol. The molecule has 0 radical (unpaired) electrons. The largest absolute Gasteiger partial charge is 0.338 e. The van der Waals surface area contributed by atoms with E-state index in [1.807, 2.05) is 6.07 Å². The zero-order valence-corrected chi connectivity index (χ0v) is 10.9. The van der Waals surface area contributed by atoms with Crippen LogP contribution in [0.2, 0.25) is 0 Å². The fourth-order valence-corrected chi connectivity index (χ4v) is 2.51. The Hall–Kier alpha value is -0.670. The zero-order valence-electron chi connectivity index (χ0n) is 8.48. The van der Waals surface area contributed by atoms with Gasteiger partial charge in [-0.15, -0.1) is 11.8 Å². The molecule has 3 heteroatoms. The maximum atomic E-state index is 3.57. The molecule has 15 heavy (non-hydrogen) atoms. The molecule has 0 saturated heterocycles. The van der Waals surface area contributed by atoms with Crippen molar-refractivity contribution in [1.82, 2.24) is 4.57 Å². The summed E-state index contributed by atoms with van der Waals surface area (Å²) in [6.07, 6.45) is 4.22. The van der Waals surface area contributed by atoms with E-state index in [4.69, 9.17) is 0 Å². The number of aromatic nitrogens is 1. The molecule has 0 atom stereocenters. The van der Waals surface area contributed by atoms with Crippen LogP contribution in [0.5, 0.6) is 0 Å². The van der Waals surface area contributed by atoms with Gasteiger partial charge in [-0.2, -0.15) is 0 Å². The van der Waals surface area contributed by atoms with Crippen LogP contribution >= 0.6 is 27.7 Å². The number of thioether (sulfide) groups is 1. The molecule has 0 unspecified atom stereocenters. The highest BCUT2D eigenvalue weighted by molar-refractivity contribution is 9.10. The van der Waals surface area contributed by atoms with Crippen molar-refractivity contribution >= 4 is 27.7 Å². The van der Waals surface area contributed by atoms with Gasteiger partial charge in [0.25, 0.3) is 0 Å². The highest BCUT2D eigenvalue weighted by Gasteiger charge is 2.02. The highest BCUT2D eigenvalue weighted by atomic mass is 79.9. The summed E-state index contributed by atoms with van der Waals surface area (Å²) in [7, 11) is 0. The molecule has 1 heterocycles. The van der Waals surface area contributed by atoms with Gasteiger partial charge in [0.15, 0.2) is 0 Å². The molecule has 0 N–H and O–H groups in total. The van der Waals surface area contributed by atoms with E-state index >= 15 is 0 Å². The molecule has 2 rings (SSSR count). The minimum Gasteiger partial charge on any atom is -0.338 e. The molecule has 0 aliphatic heterocycles. The van der Waals surface area contributed by atoms with Crippen LogP contribution in [0.4, 0.5) is 0 Å². The Balaban J connectivity index is 2.26. The Morgan fingerprint density at radius 3 is 2.73 bits per heavy atom. The third-order valence-electron chi connectivity index (χ3n) is 2.30. The van der Waals surface area contributed by atoms with Gasteiger partial charge in [0.2, 0.25) is 0 Å². The van der Waals surface area contributed by atoms with Crippen molar-refractivity contribution in [2.24, 2.45) is 0 Å². The van der Waals surface area contributed by atoms with E-state index in [9.17, 15) is 0 Å². The summed E-state index contributed by atoms with van der Waals surface area (Å²) in [6.45, 7) is 0.921. The molecule has 0 bridgehead atoms. The second-order valence-corrected chi connectivity index (χ2v) is 4.95. The van der Waals surface area contributed by atoms with E-state index in [1.54, 1.807) is 11.8 Å². The molecule has 78 valence electrons.